The fourth-order valence-electron chi connectivity index (χ4n) is 1.26. The maximum Gasteiger partial charge on any atom is 0.271 e. The van der Waals surface area contributed by atoms with E-state index in [0.717, 1.165) is 0 Å². The predicted octanol–water partition coefficient (Wildman–Crippen LogP) is 2.12. The molecule has 2 atom stereocenters. The quantitative estimate of drug-likeness (QED) is 0.823. The Hall–Kier alpha value is -0.910. The average molecular weight is 245 g/mol. The fraction of sp³-hybridized carbons (Fsp3) is 0.222. The largest absolute Gasteiger partial charge is 0.285 e. The third-order valence-corrected chi connectivity index (χ3v) is 3.45. The Morgan fingerprint density at radius 1 is 1.47 bits per heavy atom. The fourth-order valence-corrected chi connectivity index (χ4v) is 2.41. The zero-order valence-electron chi connectivity index (χ0n) is 7.94. The number of rotatable bonds is 1. The van der Waals surface area contributed by atoms with Crippen LogP contribution in [0.1, 0.15) is 6.92 Å². The van der Waals surface area contributed by atoms with Crippen molar-refractivity contribution in [1.82, 2.24) is 0 Å². The number of amidine groups is 1. The molecule has 1 aromatic carbocycles. The van der Waals surface area contributed by atoms with Crippen molar-refractivity contribution < 1.29 is 8.39 Å². The number of halogens is 1. The van der Waals surface area contributed by atoms with Gasteiger partial charge in [-0.15, -0.1) is 0 Å². The van der Waals surface area contributed by atoms with Crippen molar-refractivity contribution in [2.75, 3.05) is 4.31 Å². The molecule has 1 aromatic rings. The summed E-state index contributed by atoms with van der Waals surface area (Å²) in [5.74, 6) is 0.190. The number of anilines is 1. The van der Waals surface area contributed by atoms with Crippen LogP contribution < -0.4 is 4.31 Å². The predicted molar refractivity (Wildman–Crippen MR) is 60.3 cm³/mol. The highest BCUT2D eigenvalue weighted by Crippen LogP contribution is 2.25. The van der Waals surface area contributed by atoms with Crippen molar-refractivity contribution in [3.05, 3.63) is 29.3 Å². The summed E-state index contributed by atoms with van der Waals surface area (Å²) in [5, 5.41) is 8.31. The zero-order valence-corrected chi connectivity index (χ0v) is 9.51. The van der Waals surface area contributed by atoms with Gasteiger partial charge in [-0.05, 0) is 31.2 Å². The van der Waals surface area contributed by atoms with Crippen LogP contribution in [0.25, 0.3) is 0 Å². The molecule has 6 heteroatoms. The molecule has 80 valence electrons. The van der Waals surface area contributed by atoms with E-state index in [1.54, 1.807) is 31.2 Å². The second-order valence-corrected chi connectivity index (χ2v) is 4.54. The third-order valence-electron chi connectivity index (χ3n) is 2.04. The summed E-state index contributed by atoms with van der Waals surface area (Å²) in [6.45, 7) is 1.69. The van der Waals surface area contributed by atoms with Gasteiger partial charge in [0.25, 0.3) is 11.3 Å². The summed E-state index contributed by atoms with van der Waals surface area (Å²) in [6, 6.07) is 6.78. The van der Waals surface area contributed by atoms with Crippen molar-refractivity contribution in [3.63, 3.8) is 0 Å². The molecule has 1 heterocycles. The van der Waals surface area contributed by atoms with Crippen LogP contribution in [0.5, 0.6) is 0 Å². The summed E-state index contributed by atoms with van der Waals surface area (Å²) >= 11 is 4.13. The van der Waals surface area contributed by atoms with Crippen molar-refractivity contribution in [2.24, 2.45) is 0 Å². The first-order valence-electron chi connectivity index (χ1n) is 4.33. The van der Waals surface area contributed by atoms with Crippen LogP contribution in [0.2, 0.25) is 5.02 Å². The molecule has 0 amide bonds. The Morgan fingerprint density at radius 3 is 2.53 bits per heavy atom. The van der Waals surface area contributed by atoms with Gasteiger partial charge in [0.1, 0.15) is 11.9 Å². The van der Waals surface area contributed by atoms with E-state index in [2.05, 4.69) is 0 Å². The second-order valence-electron chi connectivity index (χ2n) is 3.11. The second kappa shape index (κ2) is 3.92. The van der Waals surface area contributed by atoms with E-state index >= 15 is 0 Å². The molecule has 1 N–H and O–H groups in total. The van der Waals surface area contributed by atoms with E-state index in [4.69, 9.17) is 21.2 Å². The van der Waals surface area contributed by atoms with Gasteiger partial charge in [0.2, 0.25) is 0 Å². The molecular weight excluding hydrogens is 236 g/mol. The topological polar surface area (TPSA) is 53.4 Å². The van der Waals surface area contributed by atoms with E-state index in [1.807, 2.05) is 0 Å². The van der Waals surface area contributed by atoms with Crippen LogP contribution >= 0.6 is 11.6 Å². The molecule has 0 saturated carbocycles. The Balaban J connectivity index is 2.35. The van der Waals surface area contributed by atoms with Gasteiger partial charge in [0, 0.05) is 5.02 Å². The van der Waals surface area contributed by atoms with Gasteiger partial charge in [-0.3, -0.25) is 9.59 Å². The van der Waals surface area contributed by atoms with Crippen molar-refractivity contribution >= 4 is 34.4 Å². The lowest BCUT2D eigenvalue weighted by molar-refractivity contribution is 0.331. The first-order valence-corrected chi connectivity index (χ1v) is 5.73. The normalized spacial score (nSPS) is 26.0. The number of benzene rings is 1. The molecule has 0 spiro atoms. The monoisotopic (exact) mass is 244 g/mol. The maximum atomic E-state index is 11.5. The Labute approximate surface area is 95.1 Å². The molecule has 4 nitrogen and oxygen atoms in total. The summed E-state index contributed by atoms with van der Waals surface area (Å²) in [4.78, 5) is 0. The van der Waals surface area contributed by atoms with Crippen LogP contribution in [0, 0.1) is 5.41 Å². The zero-order chi connectivity index (χ0) is 11.0. The lowest BCUT2D eigenvalue weighted by Gasteiger charge is -2.13. The number of hydrogen-bond acceptors (Lipinski definition) is 3. The highest BCUT2D eigenvalue weighted by molar-refractivity contribution is 7.83. The lowest BCUT2D eigenvalue weighted by atomic mass is 10.3. The minimum Gasteiger partial charge on any atom is -0.285 e. The smallest absolute Gasteiger partial charge is 0.271 e. The van der Waals surface area contributed by atoms with E-state index in [1.165, 1.54) is 4.31 Å². The van der Waals surface area contributed by atoms with Gasteiger partial charge in [0.15, 0.2) is 0 Å². The van der Waals surface area contributed by atoms with Gasteiger partial charge in [-0.2, -0.15) is 0 Å². The minimum atomic E-state index is -1.61. The highest BCUT2D eigenvalue weighted by atomic mass is 35.5. The summed E-state index contributed by atoms with van der Waals surface area (Å²) < 4.78 is 17.9. The van der Waals surface area contributed by atoms with E-state index < -0.39 is 17.4 Å². The average Bonchev–Trinajstić information content (AvgIpc) is 2.44. The molecule has 1 aliphatic rings. The van der Waals surface area contributed by atoms with Gasteiger partial charge < -0.3 is 0 Å². The molecular formula is C9H9ClN2O2S. The van der Waals surface area contributed by atoms with Gasteiger partial charge in [-0.1, -0.05) is 11.6 Å². The van der Waals surface area contributed by atoms with Crippen LogP contribution in [0.3, 0.4) is 0 Å². The van der Waals surface area contributed by atoms with Gasteiger partial charge in [0.05, 0.1) is 5.69 Å². The molecule has 0 bridgehead atoms. The van der Waals surface area contributed by atoms with Crippen molar-refractivity contribution in [1.29, 1.82) is 5.41 Å². The van der Waals surface area contributed by atoms with Crippen LogP contribution in [-0.4, -0.2) is 16.1 Å². The van der Waals surface area contributed by atoms with Crippen LogP contribution in [0.15, 0.2) is 24.3 Å². The van der Waals surface area contributed by atoms with Crippen molar-refractivity contribution in [2.45, 2.75) is 13.0 Å². The number of nitrogens with one attached hydrogen (secondary N) is 1. The Morgan fingerprint density at radius 2 is 2.07 bits per heavy atom. The number of hydrogen-bond donors (Lipinski definition) is 1. The standard InChI is InChI=1S/C9H9ClN2O2S/c1-6-9(11)12(15(13)14-6)8-4-2-7(10)3-5-8/h2-6,11H,1H3. The number of nitrogens with zero attached hydrogens (tertiary/aromatic N) is 1. The Bertz CT molecular complexity index is 421. The Kier molecular flexibility index (Phi) is 2.77. The first kappa shape index (κ1) is 10.6. The van der Waals surface area contributed by atoms with Crippen molar-refractivity contribution in [3.8, 4) is 0 Å². The molecule has 1 fully saturated rings. The SMILES string of the molecule is CC1OS(=O)N(c2ccc(Cl)cc2)C1=N. The lowest BCUT2D eigenvalue weighted by Crippen LogP contribution is -2.27. The van der Waals surface area contributed by atoms with E-state index in [-0.39, 0.29) is 5.84 Å². The molecule has 0 aliphatic carbocycles. The molecule has 15 heavy (non-hydrogen) atoms. The van der Waals surface area contributed by atoms with E-state index in [9.17, 15) is 4.21 Å². The maximum absolute atomic E-state index is 11.5. The first-order chi connectivity index (χ1) is 7.09. The summed E-state index contributed by atoms with van der Waals surface area (Å²) in [7, 11) is 0. The molecule has 2 unspecified atom stereocenters. The molecule has 1 aliphatic heterocycles. The van der Waals surface area contributed by atoms with E-state index in [0.29, 0.717) is 10.7 Å². The molecule has 0 radical (unpaired) electrons. The molecule has 2 rings (SSSR count). The minimum absolute atomic E-state index is 0.190. The third kappa shape index (κ3) is 1.90. The molecule has 0 aromatic heterocycles. The molecule has 1 saturated heterocycles. The summed E-state index contributed by atoms with van der Waals surface area (Å²) in [6.07, 6.45) is -0.443. The van der Waals surface area contributed by atoms with Crippen LogP contribution in [-0.2, 0) is 15.4 Å². The summed E-state index contributed by atoms with van der Waals surface area (Å²) in [5.41, 5.74) is 0.645. The van der Waals surface area contributed by atoms with Crippen LogP contribution in [0.4, 0.5) is 5.69 Å². The van der Waals surface area contributed by atoms with Gasteiger partial charge >= 0.3 is 0 Å². The highest BCUT2D eigenvalue weighted by Gasteiger charge is 2.34. The van der Waals surface area contributed by atoms with Gasteiger partial charge in [-0.25, -0.2) is 8.51 Å².